The highest BCUT2D eigenvalue weighted by molar-refractivity contribution is 5.94. The Bertz CT molecular complexity index is 771. The summed E-state index contributed by atoms with van der Waals surface area (Å²) in [5, 5.41) is 7.41. The number of aromatic amines is 1. The Morgan fingerprint density at radius 2 is 2.08 bits per heavy atom. The second-order valence-electron chi connectivity index (χ2n) is 7.09. The molecule has 2 aliphatic rings. The normalized spacial score (nSPS) is 20.3. The van der Waals surface area contributed by atoms with Crippen molar-refractivity contribution in [3.63, 3.8) is 0 Å². The zero-order chi connectivity index (χ0) is 17.2. The molecule has 0 aromatic carbocycles. The topological polar surface area (TPSA) is 101 Å². The minimum atomic E-state index is 0.0659. The molecule has 1 amide bonds. The first-order chi connectivity index (χ1) is 12.2. The summed E-state index contributed by atoms with van der Waals surface area (Å²) in [6.45, 7) is 1.53. The van der Waals surface area contributed by atoms with Gasteiger partial charge in [-0.1, -0.05) is 0 Å². The van der Waals surface area contributed by atoms with Crippen LogP contribution in [0.2, 0.25) is 0 Å². The van der Waals surface area contributed by atoms with E-state index in [0.29, 0.717) is 17.4 Å². The van der Waals surface area contributed by atoms with E-state index in [1.165, 1.54) is 6.42 Å². The molecule has 2 aromatic rings. The quantitative estimate of drug-likeness (QED) is 0.886. The van der Waals surface area contributed by atoms with Crippen molar-refractivity contribution in [3.05, 3.63) is 35.0 Å². The van der Waals surface area contributed by atoms with Crippen LogP contribution in [0.1, 0.15) is 53.1 Å². The minimum absolute atomic E-state index is 0.0659. The predicted molar refractivity (Wildman–Crippen MR) is 94.0 cm³/mol. The average Bonchev–Trinajstić information content (AvgIpc) is 3.07. The first-order valence-corrected chi connectivity index (χ1v) is 9.13. The van der Waals surface area contributed by atoms with E-state index in [9.17, 15) is 4.79 Å². The number of carbonyl (C=O) groups is 1. The van der Waals surface area contributed by atoms with Crippen molar-refractivity contribution >= 4 is 11.7 Å². The van der Waals surface area contributed by atoms with Crippen LogP contribution in [0, 0.1) is 5.92 Å². The highest BCUT2D eigenvalue weighted by atomic mass is 16.2. The molecule has 0 spiro atoms. The van der Waals surface area contributed by atoms with Gasteiger partial charge in [-0.05, 0) is 50.9 Å². The van der Waals surface area contributed by atoms with Gasteiger partial charge >= 0.3 is 0 Å². The highest BCUT2D eigenvalue weighted by Crippen LogP contribution is 2.26. The van der Waals surface area contributed by atoms with Gasteiger partial charge in [-0.3, -0.25) is 14.9 Å². The van der Waals surface area contributed by atoms with Gasteiger partial charge in [0.2, 0.25) is 0 Å². The molecule has 1 aliphatic heterocycles. The third kappa shape index (κ3) is 3.23. The van der Waals surface area contributed by atoms with E-state index in [-0.39, 0.29) is 5.91 Å². The molecule has 3 N–H and O–H groups in total. The van der Waals surface area contributed by atoms with Crippen molar-refractivity contribution < 1.29 is 4.79 Å². The lowest BCUT2D eigenvalue weighted by Crippen LogP contribution is -2.41. The molecule has 4 rings (SSSR count). The maximum atomic E-state index is 13.0. The van der Waals surface area contributed by atoms with Crippen molar-refractivity contribution in [2.45, 2.75) is 44.9 Å². The number of likely N-dealkylation sites (tertiary alicyclic amines) is 1. The lowest BCUT2D eigenvalue weighted by molar-refractivity contribution is 0.0665. The summed E-state index contributed by atoms with van der Waals surface area (Å²) in [4.78, 5) is 23.4. The Morgan fingerprint density at radius 3 is 2.96 bits per heavy atom. The molecule has 0 unspecified atom stereocenters. The predicted octanol–water partition coefficient (Wildman–Crippen LogP) is 1.76. The second-order valence-corrected chi connectivity index (χ2v) is 7.09. The third-order valence-electron chi connectivity index (χ3n) is 5.35. The lowest BCUT2D eigenvalue weighted by atomic mass is 9.92. The number of nitrogen functional groups attached to an aromatic ring is 1. The van der Waals surface area contributed by atoms with Gasteiger partial charge in [0, 0.05) is 36.7 Å². The molecule has 0 saturated carbocycles. The van der Waals surface area contributed by atoms with Gasteiger partial charge in [0.25, 0.3) is 5.91 Å². The average molecular weight is 340 g/mol. The minimum Gasteiger partial charge on any atom is -0.382 e. The molecule has 25 heavy (non-hydrogen) atoms. The summed E-state index contributed by atoms with van der Waals surface area (Å²) < 4.78 is 0. The van der Waals surface area contributed by atoms with Crippen molar-refractivity contribution in [3.8, 4) is 0 Å². The van der Waals surface area contributed by atoms with Gasteiger partial charge in [-0.2, -0.15) is 5.10 Å². The molecule has 0 bridgehead atoms. The summed E-state index contributed by atoms with van der Waals surface area (Å²) in [7, 11) is 0. The number of aromatic nitrogens is 4. The fraction of sp³-hybridized carbons (Fsp3) is 0.556. The fourth-order valence-corrected chi connectivity index (χ4v) is 4.03. The molecule has 132 valence electrons. The van der Waals surface area contributed by atoms with E-state index in [1.54, 1.807) is 12.4 Å². The van der Waals surface area contributed by atoms with Crippen molar-refractivity contribution in [1.82, 2.24) is 25.1 Å². The van der Waals surface area contributed by atoms with Crippen LogP contribution in [-0.4, -0.2) is 44.1 Å². The molecule has 2 aromatic heterocycles. The van der Waals surface area contributed by atoms with Crippen LogP contribution in [0.15, 0.2) is 12.4 Å². The summed E-state index contributed by atoms with van der Waals surface area (Å²) in [5.74, 6) is 0.926. The molecular formula is C18H24N6O. The van der Waals surface area contributed by atoms with Gasteiger partial charge in [-0.25, -0.2) is 4.98 Å². The van der Waals surface area contributed by atoms with Crippen molar-refractivity contribution in [2.75, 3.05) is 18.8 Å². The van der Waals surface area contributed by atoms with E-state index in [4.69, 9.17) is 5.73 Å². The van der Waals surface area contributed by atoms with Crippen LogP contribution >= 0.6 is 0 Å². The number of piperidine rings is 1. The van der Waals surface area contributed by atoms with Gasteiger partial charge in [0.15, 0.2) is 5.69 Å². The number of H-pyrrole nitrogens is 1. The van der Waals surface area contributed by atoms with Crippen molar-refractivity contribution in [2.24, 2.45) is 5.92 Å². The lowest BCUT2D eigenvalue weighted by Gasteiger charge is -2.32. The van der Waals surface area contributed by atoms with E-state index < -0.39 is 0 Å². The maximum Gasteiger partial charge on any atom is 0.274 e. The Kier molecular flexibility index (Phi) is 4.38. The zero-order valence-electron chi connectivity index (χ0n) is 14.4. The number of amides is 1. The number of fused-ring (bicyclic) bond motifs is 1. The Balaban J connectivity index is 1.47. The molecular weight excluding hydrogens is 316 g/mol. The Labute approximate surface area is 147 Å². The van der Waals surface area contributed by atoms with E-state index >= 15 is 0 Å². The second kappa shape index (κ2) is 6.82. The number of carbonyl (C=O) groups excluding carboxylic acids is 1. The van der Waals surface area contributed by atoms with Crippen LogP contribution in [0.25, 0.3) is 0 Å². The summed E-state index contributed by atoms with van der Waals surface area (Å²) in [6, 6.07) is 0. The van der Waals surface area contributed by atoms with E-state index in [1.807, 2.05) is 4.90 Å². The number of nitrogens with one attached hydrogen (secondary N) is 1. The van der Waals surface area contributed by atoms with Crippen LogP contribution in [-0.2, 0) is 19.3 Å². The molecule has 1 fully saturated rings. The zero-order valence-corrected chi connectivity index (χ0v) is 14.4. The SMILES string of the molecule is Nc1nccnc1C[C@H]1CCCN(C(=O)c2n[nH]c3c2CCCC3)C1. The molecule has 7 heteroatoms. The highest BCUT2D eigenvalue weighted by Gasteiger charge is 2.29. The van der Waals surface area contributed by atoms with Crippen LogP contribution in [0.3, 0.4) is 0 Å². The Hall–Kier alpha value is -2.44. The van der Waals surface area contributed by atoms with Gasteiger partial charge in [0.05, 0.1) is 5.69 Å². The molecule has 1 aliphatic carbocycles. The van der Waals surface area contributed by atoms with Gasteiger partial charge in [-0.15, -0.1) is 0 Å². The van der Waals surface area contributed by atoms with Gasteiger partial charge in [0.1, 0.15) is 5.82 Å². The van der Waals surface area contributed by atoms with Crippen LogP contribution in [0.5, 0.6) is 0 Å². The number of rotatable bonds is 3. The van der Waals surface area contributed by atoms with Crippen molar-refractivity contribution in [1.29, 1.82) is 0 Å². The Morgan fingerprint density at radius 1 is 1.24 bits per heavy atom. The molecule has 3 heterocycles. The number of hydrogen-bond donors (Lipinski definition) is 2. The standard InChI is InChI=1S/C18H24N6O/c19-17-15(20-7-8-21-17)10-12-4-3-9-24(11-12)18(25)16-13-5-1-2-6-14(13)22-23-16/h7-8,12H,1-6,9-11H2,(H2,19,21)(H,22,23)/t12-/m1/s1. The monoisotopic (exact) mass is 340 g/mol. The first-order valence-electron chi connectivity index (χ1n) is 9.13. The molecule has 1 atom stereocenters. The third-order valence-corrected chi connectivity index (χ3v) is 5.35. The van der Waals surface area contributed by atoms with Gasteiger partial charge < -0.3 is 10.6 Å². The van der Waals surface area contributed by atoms with Crippen LogP contribution in [0.4, 0.5) is 5.82 Å². The molecule has 0 radical (unpaired) electrons. The maximum absolute atomic E-state index is 13.0. The smallest absolute Gasteiger partial charge is 0.274 e. The number of nitrogens with zero attached hydrogens (tertiary/aromatic N) is 4. The van der Waals surface area contributed by atoms with Crippen LogP contribution < -0.4 is 5.73 Å². The molecule has 7 nitrogen and oxygen atoms in total. The van der Waals surface area contributed by atoms with E-state index in [0.717, 1.165) is 68.6 Å². The largest absolute Gasteiger partial charge is 0.382 e. The number of hydrogen-bond acceptors (Lipinski definition) is 5. The summed E-state index contributed by atoms with van der Waals surface area (Å²) >= 11 is 0. The van der Waals surface area contributed by atoms with E-state index in [2.05, 4.69) is 20.2 Å². The number of nitrogens with two attached hydrogens (primary N) is 1. The molecule has 1 saturated heterocycles. The number of anilines is 1. The fourth-order valence-electron chi connectivity index (χ4n) is 4.03. The summed E-state index contributed by atoms with van der Waals surface area (Å²) in [6.07, 6.45) is 10.4. The summed E-state index contributed by atoms with van der Waals surface area (Å²) in [5.41, 5.74) is 9.67. The first kappa shape index (κ1) is 16.1. The number of aryl methyl sites for hydroxylation is 1.